The molecule has 0 aliphatic carbocycles. The van der Waals surface area contributed by atoms with Gasteiger partial charge in [-0.3, -0.25) is 4.79 Å². The van der Waals surface area contributed by atoms with Crippen LogP contribution in [0.25, 0.3) is 0 Å². The summed E-state index contributed by atoms with van der Waals surface area (Å²) in [5, 5.41) is 5.96. The highest BCUT2D eigenvalue weighted by molar-refractivity contribution is 8.00. The molecule has 0 fully saturated rings. The molecule has 1 aromatic carbocycles. The molecule has 0 atom stereocenters. The number of amides is 1. The lowest BCUT2D eigenvalue weighted by molar-refractivity contribution is -0.113. The Hall–Kier alpha value is -2.28. The Morgan fingerprint density at radius 1 is 1.37 bits per heavy atom. The lowest BCUT2D eigenvalue weighted by Gasteiger charge is -2.17. The van der Waals surface area contributed by atoms with Gasteiger partial charge in [0.05, 0.1) is 11.4 Å². The maximum absolute atomic E-state index is 11.4. The number of carbonyl (C=O) groups excluding carboxylic acids is 1. The van der Waals surface area contributed by atoms with Crippen LogP contribution in [0.2, 0.25) is 0 Å². The molecule has 0 saturated carbocycles. The lowest BCUT2D eigenvalue weighted by atomic mass is 10.2. The van der Waals surface area contributed by atoms with Crippen molar-refractivity contribution in [3.63, 3.8) is 0 Å². The molecule has 1 aliphatic heterocycles. The van der Waals surface area contributed by atoms with Crippen molar-refractivity contribution in [2.75, 3.05) is 22.1 Å². The minimum atomic E-state index is 0.0148. The Kier molecular flexibility index (Phi) is 2.96. The smallest absolute Gasteiger partial charge is 0.234 e. The van der Waals surface area contributed by atoms with Crippen LogP contribution in [0, 0.1) is 0 Å². The average molecular weight is 273 g/mol. The van der Waals surface area contributed by atoms with Gasteiger partial charge in [0.1, 0.15) is 5.82 Å². The zero-order valence-electron chi connectivity index (χ0n) is 9.88. The summed E-state index contributed by atoms with van der Waals surface area (Å²) < 4.78 is 0. The van der Waals surface area contributed by atoms with Gasteiger partial charge < -0.3 is 16.4 Å². The zero-order valence-corrected chi connectivity index (χ0v) is 10.7. The van der Waals surface area contributed by atoms with E-state index in [2.05, 4.69) is 20.6 Å². The number of nitrogen functional groups attached to an aromatic ring is 1. The summed E-state index contributed by atoms with van der Waals surface area (Å²) in [5.74, 6) is 1.30. The van der Waals surface area contributed by atoms with Crippen LogP contribution in [0.1, 0.15) is 0 Å². The van der Waals surface area contributed by atoms with Crippen molar-refractivity contribution < 1.29 is 4.79 Å². The molecular weight excluding hydrogens is 262 g/mol. The van der Waals surface area contributed by atoms with Crippen molar-refractivity contribution >= 4 is 40.8 Å². The predicted molar refractivity (Wildman–Crippen MR) is 75.5 cm³/mol. The number of thioether (sulfide) groups is 1. The van der Waals surface area contributed by atoms with E-state index in [4.69, 9.17) is 5.73 Å². The number of nitrogens with two attached hydrogens (primary N) is 1. The first-order valence-corrected chi connectivity index (χ1v) is 6.61. The molecule has 0 bridgehead atoms. The second-order valence-electron chi connectivity index (χ2n) is 3.97. The number of carbonyl (C=O) groups is 1. The van der Waals surface area contributed by atoms with Gasteiger partial charge in [0.2, 0.25) is 11.9 Å². The molecule has 1 aromatic heterocycles. The van der Waals surface area contributed by atoms with Crippen molar-refractivity contribution in [1.82, 2.24) is 9.97 Å². The van der Waals surface area contributed by atoms with E-state index < -0.39 is 0 Å². The van der Waals surface area contributed by atoms with Gasteiger partial charge in [0, 0.05) is 16.8 Å². The number of nitrogens with one attached hydrogen (secondary N) is 2. The number of fused-ring (bicyclic) bond motifs is 1. The Bertz CT molecular complexity index is 646. The fourth-order valence-electron chi connectivity index (χ4n) is 1.75. The normalized spacial score (nSPS) is 13.6. The zero-order chi connectivity index (χ0) is 13.2. The number of hydrogen-bond acceptors (Lipinski definition) is 6. The number of hydrogen-bond donors (Lipinski definition) is 3. The van der Waals surface area contributed by atoms with Gasteiger partial charge in [-0.1, -0.05) is 0 Å². The number of anilines is 4. The second kappa shape index (κ2) is 4.77. The summed E-state index contributed by atoms with van der Waals surface area (Å²) in [6.45, 7) is 0. The minimum absolute atomic E-state index is 0.0148. The Balaban J connectivity index is 1.86. The Morgan fingerprint density at radius 3 is 3.11 bits per heavy atom. The molecule has 1 aliphatic rings. The van der Waals surface area contributed by atoms with Gasteiger partial charge in [-0.25, -0.2) is 4.98 Å². The highest BCUT2D eigenvalue weighted by atomic mass is 32.2. The minimum Gasteiger partial charge on any atom is -0.368 e. The van der Waals surface area contributed by atoms with Gasteiger partial charge >= 0.3 is 0 Å². The molecule has 6 nitrogen and oxygen atoms in total. The molecular formula is C12H11N5OS. The van der Waals surface area contributed by atoms with E-state index in [0.717, 1.165) is 16.3 Å². The molecule has 7 heteroatoms. The van der Waals surface area contributed by atoms with Crippen LogP contribution in [-0.4, -0.2) is 21.6 Å². The van der Waals surface area contributed by atoms with Crippen LogP contribution in [0.4, 0.5) is 23.1 Å². The Morgan fingerprint density at radius 2 is 2.26 bits per heavy atom. The molecule has 19 heavy (non-hydrogen) atoms. The first-order chi connectivity index (χ1) is 9.20. The van der Waals surface area contributed by atoms with Gasteiger partial charge in [0.15, 0.2) is 0 Å². The molecule has 0 spiro atoms. The van der Waals surface area contributed by atoms with Crippen LogP contribution >= 0.6 is 11.8 Å². The summed E-state index contributed by atoms with van der Waals surface area (Å²) in [6.07, 6.45) is 1.58. The molecule has 2 aromatic rings. The largest absolute Gasteiger partial charge is 0.368 e. The topological polar surface area (TPSA) is 92.9 Å². The molecule has 0 radical (unpaired) electrons. The maximum atomic E-state index is 11.4. The van der Waals surface area contributed by atoms with Crippen LogP contribution in [0.15, 0.2) is 35.4 Å². The third kappa shape index (κ3) is 2.60. The van der Waals surface area contributed by atoms with Crippen LogP contribution < -0.4 is 16.4 Å². The van der Waals surface area contributed by atoms with E-state index in [1.807, 2.05) is 18.2 Å². The van der Waals surface area contributed by atoms with Crippen LogP contribution in [0.5, 0.6) is 0 Å². The molecule has 4 N–H and O–H groups in total. The summed E-state index contributed by atoms with van der Waals surface area (Å²) in [7, 11) is 0. The van der Waals surface area contributed by atoms with E-state index in [-0.39, 0.29) is 11.9 Å². The van der Waals surface area contributed by atoms with Gasteiger partial charge in [-0.05, 0) is 24.3 Å². The SMILES string of the molecule is Nc1nccc(Nc2ccc3c(c2)NC(=O)CS3)n1. The maximum Gasteiger partial charge on any atom is 0.234 e. The highest BCUT2D eigenvalue weighted by Crippen LogP contribution is 2.33. The van der Waals surface area contributed by atoms with E-state index in [1.165, 1.54) is 11.8 Å². The summed E-state index contributed by atoms with van der Waals surface area (Å²) in [4.78, 5) is 20.3. The van der Waals surface area contributed by atoms with Crippen LogP contribution in [-0.2, 0) is 4.79 Å². The number of benzene rings is 1. The Labute approximate surface area is 113 Å². The van der Waals surface area contributed by atoms with Crippen molar-refractivity contribution in [3.8, 4) is 0 Å². The molecule has 3 rings (SSSR count). The standard InChI is InChI=1S/C12H11N5OS/c13-12-14-4-3-10(17-12)15-7-1-2-9-8(5-7)16-11(18)6-19-9/h1-5H,6H2,(H,16,18)(H3,13,14,15,17). The highest BCUT2D eigenvalue weighted by Gasteiger charge is 2.15. The average Bonchev–Trinajstić information content (AvgIpc) is 2.38. The molecule has 96 valence electrons. The van der Waals surface area contributed by atoms with Crippen molar-refractivity contribution in [2.24, 2.45) is 0 Å². The second-order valence-corrected chi connectivity index (χ2v) is 4.99. The van der Waals surface area contributed by atoms with E-state index in [1.54, 1.807) is 12.3 Å². The fourth-order valence-corrected chi connectivity index (χ4v) is 2.54. The lowest BCUT2D eigenvalue weighted by Crippen LogP contribution is -2.18. The fraction of sp³-hybridized carbons (Fsp3) is 0.0833. The summed E-state index contributed by atoms with van der Waals surface area (Å²) >= 11 is 1.53. The third-order valence-electron chi connectivity index (χ3n) is 2.56. The van der Waals surface area contributed by atoms with Gasteiger partial charge in [0.25, 0.3) is 0 Å². The first kappa shape index (κ1) is 11.8. The van der Waals surface area contributed by atoms with E-state index in [0.29, 0.717) is 11.6 Å². The quantitative estimate of drug-likeness (QED) is 0.773. The molecule has 2 heterocycles. The predicted octanol–water partition coefficient (Wildman–Crippen LogP) is 1.85. The number of nitrogens with zero attached hydrogens (tertiary/aromatic N) is 2. The van der Waals surface area contributed by atoms with Crippen molar-refractivity contribution in [3.05, 3.63) is 30.5 Å². The van der Waals surface area contributed by atoms with Crippen molar-refractivity contribution in [1.29, 1.82) is 0 Å². The van der Waals surface area contributed by atoms with Gasteiger partial charge in [-0.15, -0.1) is 11.8 Å². The third-order valence-corrected chi connectivity index (χ3v) is 3.63. The van der Waals surface area contributed by atoms with Gasteiger partial charge in [-0.2, -0.15) is 4.98 Å². The van der Waals surface area contributed by atoms with Crippen molar-refractivity contribution in [2.45, 2.75) is 4.90 Å². The molecule has 0 saturated heterocycles. The molecule has 1 amide bonds. The van der Waals surface area contributed by atoms with Crippen LogP contribution in [0.3, 0.4) is 0 Å². The van der Waals surface area contributed by atoms with E-state index in [9.17, 15) is 4.79 Å². The van der Waals surface area contributed by atoms with E-state index >= 15 is 0 Å². The monoisotopic (exact) mass is 273 g/mol. The number of rotatable bonds is 2. The molecule has 0 unspecified atom stereocenters. The summed E-state index contributed by atoms with van der Waals surface area (Å²) in [5.41, 5.74) is 7.16. The summed E-state index contributed by atoms with van der Waals surface area (Å²) in [6, 6.07) is 7.49. The number of aromatic nitrogens is 2. The first-order valence-electron chi connectivity index (χ1n) is 5.63.